The number of nitrogens with zero attached hydrogens (tertiary/aromatic N) is 3. The second-order valence-corrected chi connectivity index (χ2v) is 19.7. The molecule has 5 aromatic carbocycles. The number of carbonyl (C=O) groups is 1. The predicted octanol–water partition coefficient (Wildman–Crippen LogP) is 12.4. The Bertz CT molecular complexity index is 2750. The molecule has 1 saturated carbocycles. The van der Waals surface area contributed by atoms with Gasteiger partial charge in [0.05, 0.1) is 23.2 Å². The zero-order chi connectivity index (χ0) is 50.8. The first-order valence-corrected chi connectivity index (χ1v) is 24.9. The highest BCUT2D eigenvalue weighted by Crippen LogP contribution is 2.62. The number of nitro groups is 1. The first-order valence-electron chi connectivity index (χ1n) is 24.9. The van der Waals surface area contributed by atoms with Crippen molar-refractivity contribution < 1.29 is 43.4 Å². The van der Waals surface area contributed by atoms with Crippen LogP contribution in [0, 0.1) is 33.7 Å². The average molecular weight is 978 g/mol. The SMILES string of the molecule is C=CCOC12Oc3ccc(Oc4ccc(-c5ccccc5)cc4)cc3C3C(CCCCO)C(CCCCO)C=C(C(=NOC(C)(C)C)CC1N(Cc1ccc(F)cc1)C(=O)C=Cc1ccc([N+](=O)[O-])cc1)C32. The highest BCUT2D eigenvalue weighted by Gasteiger charge is 2.65. The number of hydrogen-bond donors (Lipinski definition) is 2. The zero-order valence-corrected chi connectivity index (χ0v) is 41.2. The Labute approximate surface area is 421 Å². The molecule has 5 aromatic rings. The number of unbranched alkanes of at least 4 members (excludes halogenated alkanes) is 2. The van der Waals surface area contributed by atoms with Gasteiger partial charge in [-0.15, -0.1) is 6.58 Å². The third kappa shape index (κ3) is 11.9. The molecular weight excluding hydrogens is 914 g/mol. The molecule has 0 spiro atoms. The number of benzene rings is 5. The lowest BCUT2D eigenvalue weighted by molar-refractivity contribution is -0.384. The quantitative estimate of drug-likeness (QED) is 0.0240. The number of rotatable bonds is 21. The van der Waals surface area contributed by atoms with Crippen molar-refractivity contribution in [3.8, 4) is 28.4 Å². The van der Waals surface area contributed by atoms with Crippen molar-refractivity contribution in [2.45, 2.75) is 95.6 Å². The molecule has 0 aromatic heterocycles. The van der Waals surface area contributed by atoms with Gasteiger partial charge < -0.3 is 34.2 Å². The molecule has 2 N–H and O–H groups in total. The van der Waals surface area contributed by atoms with Gasteiger partial charge in [-0.2, -0.15) is 0 Å². The largest absolute Gasteiger partial charge is 0.459 e. The normalized spacial score (nSPS) is 21.8. The van der Waals surface area contributed by atoms with Gasteiger partial charge >= 0.3 is 0 Å². The van der Waals surface area contributed by atoms with Crippen LogP contribution in [0.5, 0.6) is 17.2 Å². The minimum atomic E-state index is -1.57. The molecule has 376 valence electrons. The monoisotopic (exact) mass is 977 g/mol. The lowest BCUT2D eigenvalue weighted by atomic mass is 9.55. The van der Waals surface area contributed by atoms with Crippen LogP contribution in [0.1, 0.15) is 88.3 Å². The van der Waals surface area contributed by atoms with Crippen molar-refractivity contribution >= 4 is 23.4 Å². The number of nitro benzene ring substituents is 1. The van der Waals surface area contributed by atoms with Crippen LogP contribution in [0.2, 0.25) is 0 Å². The molecule has 72 heavy (non-hydrogen) atoms. The summed E-state index contributed by atoms with van der Waals surface area (Å²) >= 11 is 0. The number of non-ortho nitro benzene ring substituents is 1. The molecule has 13 heteroatoms. The van der Waals surface area contributed by atoms with Crippen molar-refractivity contribution in [2.24, 2.45) is 22.9 Å². The molecule has 1 aliphatic heterocycles. The number of allylic oxidation sites excluding steroid dienone is 1. The van der Waals surface area contributed by atoms with E-state index in [1.807, 2.05) is 75.4 Å². The molecular formula is C59H64FN3O9. The molecule has 6 atom stereocenters. The van der Waals surface area contributed by atoms with Gasteiger partial charge in [-0.25, -0.2) is 4.39 Å². The highest BCUT2D eigenvalue weighted by atomic mass is 19.1. The van der Waals surface area contributed by atoms with Crippen LogP contribution in [-0.4, -0.2) is 68.9 Å². The van der Waals surface area contributed by atoms with E-state index in [4.69, 9.17) is 24.2 Å². The number of fused-ring (bicyclic) bond motifs is 2. The topological polar surface area (TPSA) is 153 Å². The molecule has 8 rings (SSSR count). The van der Waals surface area contributed by atoms with Crippen molar-refractivity contribution in [2.75, 3.05) is 19.8 Å². The number of oxime groups is 1. The lowest BCUT2D eigenvalue weighted by Crippen LogP contribution is -2.70. The number of aliphatic hydroxyl groups is 2. The summed E-state index contributed by atoms with van der Waals surface area (Å²) in [6, 6.07) is 35.0. The van der Waals surface area contributed by atoms with Gasteiger partial charge in [-0.1, -0.05) is 84.7 Å². The van der Waals surface area contributed by atoms with Gasteiger partial charge in [0, 0.05) is 55.9 Å². The van der Waals surface area contributed by atoms with E-state index in [0.29, 0.717) is 46.9 Å². The molecule has 0 radical (unpaired) electrons. The van der Waals surface area contributed by atoms with Gasteiger partial charge in [0.2, 0.25) is 11.7 Å². The van der Waals surface area contributed by atoms with Gasteiger partial charge in [-0.05, 0) is 147 Å². The van der Waals surface area contributed by atoms with Crippen molar-refractivity contribution in [1.29, 1.82) is 0 Å². The molecule has 2 aliphatic carbocycles. The number of halogens is 1. The minimum absolute atomic E-state index is 0.00243. The fraction of sp³-hybridized carbons (Fsp3) is 0.356. The summed E-state index contributed by atoms with van der Waals surface area (Å²) in [6.07, 6.45) is 11.4. The first kappa shape index (κ1) is 51.4. The summed E-state index contributed by atoms with van der Waals surface area (Å²) < 4.78 is 35.8. The third-order valence-electron chi connectivity index (χ3n) is 13.7. The molecule has 12 nitrogen and oxygen atoms in total. The summed E-state index contributed by atoms with van der Waals surface area (Å²) in [5.74, 6) is -1.55. The van der Waals surface area contributed by atoms with Gasteiger partial charge in [-0.3, -0.25) is 14.9 Å². The minimum Gasteiger partial charge on any atom is -0.459 e. The van der Waals surface area contributed by atoms with E-state index in [1.54, 1.807) is 41.3 Å². The third-order valence-corrected chi connectivity index (χ3v) is 13.7. The Balaban J connectivity index is 1.32. The number of ether oxygens (including phenoxy) is 3. The maximum Gasteiger partial charge on any atom is 0.269 e. The van der Waals surface area contributed by atoms with Crippen LogP contribution in [-0.2, 0) is 20.9 Å². The zero-order valence-electron chi connectivity index (χ0n) is 41.2. The first-order chi connectivity index (χ1) is 34.8. The van der Waals surface area contributed by atoms with E-state index in [1.165, 1.54) is 30.3 Å². The maximum atomic E-state index is 15.2. The number of hydrogen-bond acceptors (Lipinski definition) is 10. The predicted molar refractivity (Wildman–Crippen MR) is 277 cm³/mol. The summed E-state index contributed by atoms with van der Waals surface area (Å²) in [4.78, 5) is 34.2. The van der Waals surface area contributed by atoms with Crippen molar-refractivity contribution in [1.82, 2.24) is 4.90 Å². The fourth-order valence-electron chi connectivity index (χ4n) is 10.5. The van der Waals surface area contributed by atoms with Gasteiger partial charge in [0.25, 0.3) is 5.69 Å². The maximum absolute atomic E-state index is 15.2. The Kier molecular flexibility index (Phi) is 16.5. The summed E-state index contributed by atoms with van der Waals surface area (Å²) in [5, 5.41) is 36.5. The Hall–Kier alpha value is -6.93. The van der Waals surface area contributed by atoms with E-state index in [0.717, 1.165) is 47.9 Å². The fourth-order valence-corrected chi connectivity index (χ4v) is 10.5. The van der Waals surface area contributed by atoms with Crippen LogP contribution in [0.15, 0.2) is 157 Å². The molecule has 1 fully saturated rings. The number of aliphatic hydroxyl groups excluding tert-OH is 2. The van der Waals surface area contributed by atoms with Crippen LogP contribution in [0.3, 0.4) is 0 Å². The smallest absolute Gasteiger partial charge is 0.269 e. The summed E-state index contributed by atoms with van der Waals surface area (Å²) in [5.41, 5.74) is 5.01. The molecule has 0 saturated heterocycles. The Morgan fingerprint density at radius 1 is 0.903 bits per heavy atom. The molecule has 0 bridgehead atoms. The summed E-state index contributed by atoms with van der Waals surface area (Å²) in [6.45, 7) is 10.0. The van der Waals surface area contributed by atoms with Gasteiger partial charge in [0.15, 0.2) is 0 Å². The molecule has 1 amide bonds. The molecule has 6 unspecified atom stereocenters. The summed E-state index contributed by atoms with van der Waals surface area (Å²) in [7, 11) is 0. The second kappa shape index (κ2) is 23.1. The van der Waals surface area contributed by atoms with Crippen LogP contribution >= 0.6 is 0 Å². The molecule has 1 heterocycles. The van der Waals surface area contributed by atoms with E-state index >= 15 is 4.79 Å². The van der Waals surface area contributed by atoms with E-state index in [9.17, 15) is 24.7 Å². The lowest BCUT2D eigenvalue weighted by Gasteiger charge is -2.60. The van der Waals surface area contributed by atoms with Gasteiger partial charge in [0.1, 0.15) is 34.7 Å². The van der Waals surface area contributed by atoms with Crippen LogP contribution < -0.4 is 9.47 Å². The van der Waals surface area contributed by atoms with E-state index in [2.05, 4.69) is 30.9 Å². The van der Waals surface area contributed by atoms with Crippen molar-refractivity contribution in [3.63, 3.8) is 0 Å². The second-order valence-electron chi connectivity index (χ2n) is 19.7. The number of carbonyl (C=O) groups excluding carboxylic acids is 1. The Morgan fingerprint density at radius 3 is 2.25 bits per heavy atom. The highest BCUT2D eigenvalue weighted by molar-refractivity contribution is 6.03. The van der Waals surface area contributed by atoms with Crippen LogP contribution in [0.25, 0.3) is 17.2 Å². The van der Waals surface area contributed by atoms with Crippen molar-refractivity contribution in [3.05, 3.63) is 184 Å². The van der Waals surface area contributed by atoms with E-state index < -0.39 is 40.0 Å². The number of amides is 1. The Morgan fingerprint density at radius 2 is 1.58 bits per heavy atom. The van der Waals surface area contributed by atoms with E-state index in [-0.39, 0.29) is 56.2 Å². The standard InChI is InChI=1S/C59H64FN3O9/c1-5-35-69-59-54(62(39-41-17-24-45(60)25-18-41)55(66)32-21-40-19-26-46(27-20-40)63(67)68)38-52(61-72-58(2,3)4)50-36-44(15-9-11-33-64)49(16-10-12-34-65)56(57(50)59)51-37-48(30-31-53(51)71-59)70-47-28-22-43(23-29-47)42-13-7-6-8-14-42/h5-8,13-14,17-32,36-37,44,49,54,56-57,64-65H,1,9-12,15-16,33-35,38-39H2,2-4H3. The average Bonchev–Trinajstić information content (AvgIpc) is 3.38. The van der Waals surface area contributed by atoms with Crippen LogP contribution in [0.4, 0.5) is 10.1 Å². The molecule has 3 aliphatic rings.